The van der Waals surface area contributed by atoms with Gasteiger partial charge in [-0.3, -0.25) is 0 Å². The van der Waals surface area contributed by atoms with Crippen molar-refractivity contribution in [3.8, 4) is 0 Å². The molecule has 0 aromatic heterocycles. The number of nitrogens with zero attached hydrogens (tertiary/aromatic N) is 1. The van der Waals surface area contributed by atoms with Crippen molar-refractivity contribution in [3.05, 3.63) is 10.2 Å². The fourth-order valence-electron chi connectivity index (χ4n) is 4.82. The Hall–Kier alpha value is 0.419. The van der Waals surface area contributed by atoms with E-state index in [1.165, 1.54) is 51.8 Å². The summed E-state index contributed by atoms with van der Waals surface area (Å²) in [5, 5.41) is 11.1. The Bertz CT molecular complexity index is 405. The molecular weight excluding hydrogens is 465 g/mol. The molecule has 172 valence electrons. The Kier molecular flexibility index (Phi) is 15.2. The summed E-state index contributed by atoms with van der Waals surface area (Å²) in [4.78, 5) is 2.36. The first kappa shape index (κ1) is 27.5. The second-order valence-electron chi connectivity index (χ2n) is 9.50. The van der Waals surface area contributed by atoms with Crippen molar-refractivity contribution < 1.29 is 9.84 Å². The number of aliphatic hydroxyl groups is 1. The third-order valence-corrected chi connectivity index (χ3v) is 21.0. The van der Waals surface area contributed by atoms with Gasteiger partial charge in [0.1, 0.15) is 0 Å². The summed E-state index contributed by atoms with van der Waals surface area (Å²) in [5.41, 5.74) is 0. The van der Waals surface area contributed by atoms with Crippen LogP contribution >= 0.6 is 0 Å². The van der Waals surface area contributed by atoms with E-state index in [4.69, 9.17) is 4.74 Å². The molecule has 3 nitrogen and oxygen atoms in total. The average Bonchev–Trinajstić information content (AvgIpc) is 2.73. The molecule has 1 fully saturated rings. The molecule has 1 rings (SSSR count). The summed E-state index contributed by atoms with van der Waals surface area (Å²) in [6, 6.07) is 0. The molecule has 0 aromatic rings. The van der Waals surface area contributed by atoms with E-state index < -0.39 is 18.4 Å². The van der Waals surface area contributed by atoms with Gasteiger partial charge in [0.2, 0.25) is 0 Å². The van der Waals surface area contributed by atoms with E-state index in [1.54, 1.807) is 0 Å². The van der Waals surface area contributed by atoms with Crippen LogP contribution in [0.2, 0.25) is 13.3 Å². The Morgan fingerprint density at radius 3 is 2.10 bits per heavy atom. The molecule has 0 spiro atoms. The SMILES string of the molecule is CCC[CH2][Sn]([CH]=CCC(O)C1CN(C)CCC1OCCC)([CH2]CCC)[CH2]CCC. The van der Waals surface area contributed by atoms with Gasteiger partial charge in [0, 0.05) is 0 Å². The summed E-state index contributed by atoms with van der Waals surface area (Å²) < 4.78 is 13.4. The number of hydrogen-bond donors (Lipinski definition) is 1. The van der Waals surface area contributed by atoms with Gasteiger partial charge in [-0.1, -0.05) is 0 Å². The van der Waals surface area contributed by atoms with Crippen LogP contribution in [-0.2, 0) is 4.74 Å². The zero-order valence-electron chi connectivity index (χ0n) is 20.3. The number of aliphatic hydroxyl groups excluding tert-OH is 1. The van der Waals surface area contributed by atoms with Crippen molar-refractivity contribution in [2.75, 3.05) is 26.7 Å². The van der Waals surface area contributed by atoms with Crippen LogP contribution in [0.3, 0.4) is 0 Å². The first-order valence-electron chi connectivity index (χ1n) is 12.7. The van der Waals surface area contributed by atoms with Crippen LogP contribution < -0.4 is 0 Å². The van der Waals surface area contributed by atoms with Gasteiger partial charge in [0.15, 0.2) is 0 Å². The van der Waals surface area contributed by atoms with Gasteiger partial charge in [-0.05, 0) is 0 Å². The van der Waals surface area contributed by atoms with Crippen LogP contribution in [0.1, 0.15) is 85.5 Å². The summed E-state index contributed by atoms with van der Waals surface area (Å²) in [5.74, 6) is 0.247. The van der Waals surface area contributed by atoms with Gasteiger partial charge in [-0.2, -0.15) is 0 Å². The molecule has 3 unspecified atom stereocenters. The normalized spacial score (nSPS) is 22.4. The molecule has 1 saturated heterocycles. The number of rotatable bonds is 16. The molecule has 4 heteroatoms. The fourth-order valence-corrected chi connectivity index (χ4v) is 19.3. The summed E-state index contributed by atoms with van der Waals surface area (Å²) >= 11 is -2.23. The maximum atomic E-state index is 11.1. The van der Waals surface area contributed by atoms with Gasteiger partial charge < -0.3 is 0 Å². The zero-order chi connectivity index (χ0) is 21.5. The molecule has 0 aromatic carbocycles. The Morgan fingerprint density at radius 2 is 1.59 bits per heavy atom. The van der Waals surface area contributed by atoms with Crippen molar-refractivity contribution in [3.63, 3.8) is 0 Å². The summed E-state index contributed by atoms with van der Waals surface area (Å²) in [7, 11) is 2.17. The molecule has 29 heavy (non-hydrogen) atoms. The predicted octanol–water partition coefficient (Wildman–Crippen LogP) is 6.43. The third kappa shape index (κ3) is 10.5. The molecule has 1 aliphatic heterocycles. The van der Waals surface area contributed by atoms with Gasteiger partial charge in [-0.15, -0.1) is 0 Å². The van der Waals surface area contributed by atoms with Crippen molar-refractivity contribution >= 4 is 18.4 Å². The van der Waals surface area contributed by atoms with E-state index in [0.717, 1.165) is 39.0 Å². The fraction of sp³-hybridized carbons (Fsp3) is 0.920. The topological polar surface area (TPSA) is 32.7 Å². The van der Waals surface area contributed by atoms with Crippen LogP contribution in [-0.4, -0.2) is 67.3 Å². The van der Waals surface area contributed by atoms with Crippen molar-refractivity contribution in [1.29, 1.82) is 0 Å². The van der Waals surface area contributed by atoms with Gasteiger partial charge >= 0.3 is 187 Å². The van der Waals surface area contributed by atoms with Crippen molar-refractivity contribution in [2.45, 2.75) is 111 Å². The second kappa shape index (κ2) is 16.1. The maximum absolute atomic E-state index is 11.1. The number of hydrogen-bond acceptors (Lipinski definition) is 3. The van der Waals surface area contributed by atoms with Crippen LogP contribution in [0.25, 0.3) is 0 Å². The summed E-state index contributed by atoms with van der Waals surface area (Å²) in [6.07, 6.45) is 13.4. The number of piperidine rings is 1. The molecule has 0 radical (unpaired) electrons. The van der Waals surface area contributed by atoms with E-state index in [0.29, 0.717) is 0 Å². The van der Waals surface area contributed by atoms with E-state index in [9.17, 15) is 5.11 Å². The monoisotopic (exact) mass is 517 g/mol. The van der Waals surface area contributed by atoms with Gasteiger partial charge in [0.25, 0.3) is 0 Å². The second-order valence-corrected chi connectivity index (χ2v) is 22.5. The number of ether oxygens (including phenoxy) is 1. The van der Waals surface area contributed by atoms with E-state index in [2.05, 4.69) is 49.8 Å². The first-order chi connectivity index (χ1) is 14.0. The zero-order valence-corrected chi connectivity index (χ0v) is 23.2. The van der Waals surface area contributed by atoms with Gasteiger partial charge in [-0.25, -0.2) is 0 Å². The molecular formula is C25H51NO2Sn. The van der Waals surface area contributed by atoms with Crippen LogP contribution in [0.15, 0.2) is 10.2 Å². The molecule has 1 N–H and O–H groups in total. The minimum absolute atomic E-state index is 0.225. The standard InChI is InChI=1S/C13H24NO2.3C4H9.Sn/c1-4-6-12(15)11-10-14(3)8-7-13(11)16-9-5-2;3*1-3-4-2;/h1,4,11-13,15H,5-10H2,2-3H3;3*1,3-4H2,2H3;. The predicted molar refractivity (Wildman–Crippen MR) is 130 cm³/mol. The van der Waals surface area contributed by atoms with Gasteiger partial charge in [0.05, 0.1) is 0 Å². The molecule has 0 amide bonds. The molecule has 0 saturated carbocycles. The molecule has 0 aliphatic carbocycles. The molecule has 1 aliphatic rings. The Balaban J connectivity index is 2.79. The average molecular weight is 516 g/mol. The Morgan fingerprint density at radius 1 is 1.00 bits per heavy atom. The summed E-state index contributed by atoms with van der Waals surface area (Å²) in [6.45, 7) is 12.0. The number of unbranched alkanes of at least 4 members (excludes halogenated alkanes) is 3. The van der Waals surface area contributed by atoms with E-state index >= 15 is 0 Å². The van der Waals surface area contributed by atoms with Crippen molar-refractivity contribution in [2.24, 2.45) is 5.92 Å². The third-order valence-electron chi connectivity index (χ3n) is 6.76. The molecule has 3 atom stereocenters. The van der Waals surface area contributed by atoms with E-state index in [1.807, 2.05) is 0 Å². The molecule has 1 heterocycles. The van der Waals surface area contributed by atoms with Crippen LogP contribution in [0.5, 0.6) is 0 Å². The van der Waals surface area contributed by atoms with Crippen LogP contribution in [0, 0.1) is 5.92 Å². The number of likely N-dealkylation sites (tertiary alicyclic amines) is 1. The van der Waals surface area contributed by atoms with Crippen LogP contribution in [0.4, 0.5) is 0 Å². The van der Waals surface area contributed by atoms with E-state index in [-0.39, 0.29) is 18.1 Å². The molecule has 0 bridgehead atoms. The quantitative estimate of drug-likeness (QED) is 0.240. The Labute approximate surface area is 186 Å². The first-order valence-corrected chi connectivity index (χ1v) is 20.4. The van der Waals surface area contributed by atoms with Crippen molar-refractivity contribution in [1.82, 2.24) is 4.90 Å². The minimum atomic E-state index is -2.23.